The van der Waals surface area contributed by atoms with E-state index in [1.54, 1.807) is 18.2 Å². The van der Waals surface area contributed by atoms with Crippen LogP contribution in [0.4, 0.5) is 33.5 Å². The minimum Gasteiger partial charge on any atom is -0.475 e. The van der Waals surface area contributed by atoms with Gasteiger partial charge in [0.2, 0.25) is 0 Å². The third-order valence-electron chi connectivity index (χ3n) is 5.93. The van der Waals surface area contributed by atoms with Crippen molar-refractivity contribution in [3.8, 4) is 0 Å². The third-order valence-corrected chi connectivity index (χ3v) is 5.93. The molecule has 0 aromatic carbocycles. The van der Waals surface area contributed by atoms with E-state index in [0.717, 1.165) is 25.7 Å². The molecule has 0 saturated heterocycles. The first kappa shape index (κ1) is 29.8. The van der Waals surface area contributed by atoms with Crippen LogP contribution >= 0.6 is 0 Å². The van der Waals surface area contributed by atoms with Gasteiger partial charge < -0.3 is 20.8 Å². The summed E-state index contributed by atoms with van der Waals surface area (Å²) >= 11 is 0. The molecule has 0 bridgehead atoms. The van der Waals surface area contributed by atoms with Gasteiger partial charge in [-0.25, -0.2) is 18.1 Å². The zero-order chi connectivity index (χ0) is 29.1. The number of anilines is 2. The van der Waals surface area contributed by atoms with E-state index in [1.165, 1.54) is 15.4 Å². The molecular weight excluding hydrogens is 531 g/mol. The van der Waals surface area contributed by atoms with Crippen LogP contribution in [0.15, 0.2) is 30.5 Å². The summed E-state index contributed by atoms with van der Waals surface area (Å²) in [6.45, 7) is 5.51. The van der Waals surface area contributed by atoms with Crippen molar-refractivity contribution in [2.75, 3.05) is 10.6 Å². The molecule has 214 valence electrons. The van der Waals surface area contributed by atoms with Crippen molar-refractivity contribution in [3.63, 3.8) is 0 Å². The van der Waals surface area contributed by atoms with Gasteiger partial charge in [-0.05, 0) is 57.9 Å². The Labute approximate surface area is 219 Å². The zero-order valence-electron chi connectivity index (χ0n) is 21.3. The standard InChI is InChI=1S/C22H28F2N6O2.C2HF3O2/c1-22(2,3)29-12-15(19(28-29)20(23)24)26-21(32)16-10-8-13-9-11-18(27-30(13)16)25-14-6-4-5-7-17(14)31;3-2(4,5)1(6)7/h8-12,14,17,20,31H,4-7H2,1-3H3,(H,25,27)(H,26,32);(H,6,7)/t14-,17+;/m1./s1. The number of halogens is 5. The molecule has 3 aromatic rings. The molecule has 1 fully saturated rings. The van der Waals surface area contributed by atoms with Crippen LogP contribution in [0.25, 0.3) is 5.52 Å². The minimum atomic E-state index is -5.08. The molecule has 1 aliphatic carbocycles. The summed E-state index contributed by atoms with van der Waals surface area (Å²) in [4.78, 5) is 21.9. The number of nitrogens with one attached hydrogen (secondary N) is 2. The molecule has 1 aliphatic rings. The molecule has 3 aromatic heterocycles. The quantitative estimate of drug-likeness (QED) is 0.329. The van der Waals surface area contributed by atoms with Crippen molar-refractivity contribution in [1.82, 2.24) is 19.4 Å². The van der Waals surface area contributed by atoms with Crippen LogP contribution in [0.3, 0.4) is 0 Å². The summed E-state index contributed by atoms with van der Waals surface area (Å²) < 4.78 is 61.6. The number of carbonyl (C=O) groups excluding carboxylic acids is 1. The van der Waals surface area contributed by atoms with Crippen LogP contribution in [0.1, 0.15) is 69.1 Å². The fraction of sp³-hybridized carbons (Fsp3) is 0.500. The maximum absolute atomic E-state index is 13.5. The number of aromatic nitrogens is 4. The monoisotopic (exact) mass is 560 g/mol. The summed E-state index contributed by atoms with van der Waals surface area (Å²) in [7, 11) is 0. The highest BCUT2D eigenvalue weighted by atomic mass is 19.4. The fourth-order valence-corrected chi connectivity index (χ4v) is 3.88. The Bertz CT molecular complexity index is 1310. The van der Waals surface area contributed by atoms with Crippen LogP contribution < -0.4 is 10.6 Å². The van der Waals surface area contributed by atoms with E-state index in [4.69, 9.17) is 9.90 Å². The van der Waals surface area contributed by atoms with Crippen LogP contribution in [0, 0.1) is 0 Å². The van der Waals surface area contributed by atoms with Gasteiger partial charge in [-0.15, -0.1) is 5.10 Å². The van der Waals surface area contributed by atoms with Crippen molar-refractivity contribution < 1.29 is 41.8 Å². The Hall–Kier alpha value is -3.75. The number of rotatable bonds is 5. The van der Waals surface area contributed by atoms with Gasteiger partial charge in [-0.1, -0.05) is 12.8 Å². The molecule has 4 N–H and O–H groups in total. The highest BCUT2D eigenvalue weighted by Crippen LogP contribution is 2.29. The Morgan fingerprint density at radius 1 is 1.05 bits per heavy atom. The molecule has 0 radical (unpaired) electrons. The minimum absolute atomic E-state index is 0.0329. The number of aliphatic carboxylic acids is 1. The van der Waals surface area contributed by atoms with Gasteiger partial charge in [0.05, 0.1) is 28.9 Å². The summed E-state index contributed by atoms with van der Waals surface area (Å²) in [5, 5.41) is 31.6. The van der Waals surface area contributed by atoms with Crippen molar-refractivity contribution in [3.05, 3.63) is 41.9 Å². The van der Waals surface area contributed by atoms with Crippen molar-refractivity contribution in [2.24, 2.45) is 0 Å². The fourth-order valence-electron chi connectivity index (χ4n) is 3.88. The number of carboxylic acids is 1. The van der Waals surface area contributed by atoms with E-state index >= 15 is 0 Å². The first-order chi connectivity index (χ1) is 18.1. The van der Waals surface area contributed by atoms with E-state index in [-0.39, 0.29) is 17.4 Å². The molecule has 10 nitrogen and oxygen atoms in total. The average Bonchev–Trinajstić information content (AvgIpc) is 3.44. The Kier molecular flexibility index (Phi) is 8.83. The molecule has 15 heteroatoms. The van der Waals surface area contributed by atoms with Crippen LogP contribution in [-0.4, -0.2) is 59.8 Å². The second-order valence-corrected chi connectivity index (χ2v) is 9.98. The predicted molar refractivity (Wildman–Crippen MR) is 131 cm³/mol. The molecule has 3 heterocycles. The summed E-state index contributed by atoms with van der Waals surface area (Å²) in [6.07, 6.45) is -3.32. The van der Waals surface area contributed by atoms with E-state index in [9.17, 15) is 31.9 Å². The van der Waals surface area contributed by atoms with Gasteiger partial charge in [0.1, 0.15) is 11.5 Å². The van der Waals surface area contributed by atoms with Gasteiger partial charge in [-0.2, -0.15) is 18.3 Å². The second-order valence-electron chi connectivity index (χ2n) is 9.98. The van der Waals surface area contributed by atoms with Gasteiger partial charge in [0.25, 0.3) is 12.3 Å². The lowest BCUT2D eigenvalue weighted by atomic mass is 9.93. The topological polar surface area (TPSA) is 134 Å². The lowest BCUT2D eigenvalue weighted by Crippen LogP contribution is -2.36. The van der Waals surface area contributed by atoms with Crippen LogP contribution in [0.5, 0.6) is 0 Å². The summed E-state index contributed by atoms with van der Waals surface area (Å²) in [5.74, 6) is -2.79. The smallest absolute Gasteiger partial charge is 0.475 e. The highest BCUT2D eigenvalue weighted by molar-refractivity contribution is 6.04. The van der Waals surface area contributed by atoms with Gasteiger partial charge in [0.15, 0.2) is 5.69 Å². The first-order valence-electron chi connectivity index (χ1n) is 12.0. The number of aliphatic hydroxyl groups is 1. The molecule has 4 rings (SSSR count). The number of hydrogen-bond acceptors (Lipinski definition) is 6. The second kappa shape index (κ2) is 11.6. The number of nitrogens with zero attached hydrogens (tertiary/aromatic N) is 4. The first-order valence-corrected chi connectivity index (χ1v) is 12.0. The number of aliphatic hydroxyl groups excluding tert-OH is 1. The SMILES string of the molecule is CC(C)(C)n1cc(NC(=O)c2ccc3ccc(N[C@@H]4CCCC[C@@H]4O)nn23)c(C(F)F)n1.O=C(O)C(F)(F)F. The zero-order valence-corrected chi connectivity index (χ0v) is 21.3. The molecule has 1 amide bonds. The number of fused-ring (bicyclic) bond motifs is 1. The highest BCUT2D eigenvalue weighted by Gasteiger charge is 2.38. The molecule has 0 unspecified atom stereocenters. The van der Waals surface area contributed by atoms with Gasteiger partial charge in [0, 0.05) is 6.20 Å². The van der Waals surface area contributed by atoms with Gasteiger partial charge in [-0.3, -0.25) is 9.48 Å². The van der Waals surface area contributed by atoms with E-state index in [2.05, 4.69) is 20.8 Å². The van der Waals surface area contributed by atoms with Crippen LogP contribution in [0.2, 0.25) is 0 Å². The molecule has 2 atom stereocenters. The van der Waals surface area contributed by atoms with Crippen molar-refractivity contribution in [1.29, 1.82) is 0 Å². The molecule has 39 heavy (non-hydrogen) atoms. The van der Waals surface area contributed by atoms with Crippen molar-refractivity contribution >= 4 is 28.9 Å². The lowest BCUT2D eigenvalue weighted by Gasteiger charge is -2.28. The van der Waals surface area contributed by atoms with E-state index < -0.39 is 41.8 Å². The molecular formula is C24H29F5N6O4. The predicted octanol–water partition coefficient (Wildman–Crippen LogP) is 4.82. The van der Waals surface area contributed by atoms with Crippen molar-refractivity contribution in [2.45, 2.75) is 76.7 Å². The van der Waals surface area contributed by atoms with E-state index in [0.29, 0.717) is 11.3 Å². The number of carbonyl (C=O) groups is 2. The molecule has 1 saturated carbocycles. The maximum atomic E-state index is 13.5. The number of alkyl halides is 5. The number of carboxylic acid groups (broad SMARTS) is 1. The maximum Gasteiger partial charge on any atom is 0.490 e. The Morgan fingerprint density at radius 3 is 2.23 bits per heavy atom. The van der Waals surface area contributed by atoms with Crippen LogP contribution in [-0.2, 0) is 10.3 Å². The Morgan fingerprint density at radius 2 is 1.67 bits per heavy atom. The van der Waals surface area contributed by atoms with E-state index in [1.807, 2.05) is 26.8 Å². The number of amides is 1. The Balaban J connectivity index is 0.000000532. The third kappa shape index (κ3) is 7.43. The normalized spacial score (nSPS) is 18.0. The summed E-state index contributed by atoms with van der Waals surface area (Å²) in [6, 6.07) is 6.82. The molecule has 0 spiro atoms. The van der Waals surface area contributed by atoms with Gasteiger partial charge >= 0.3 is 12.1 Å². The lowest BCUT2D eigenvalue weighted by molar-refractivity contribution is -0.192. The number of hydrogen-bond donors (Lipinski definition) is 4. The molecule has 0 aliphatic heterocycles. The average molecular weight is 561 g/mol. The summed E-state index contributed by atoms with van der Waals surface area (Å²) in [5.41, 5.74) is -0.133. The largest absolute Gasteiger partial charge is 0.490 e.